The van der Waals surface area contributed by atoms with Crippen molar-refractivity contribution in [1.82, 2.24) is 14.5 Å². The maximum Gasteiger partial charge on any atom is 0.335 e. The molecule has 3 heterocycles. The number of aromatic carboxylic acids is 1. The lowest BCUT2D eigenvalue weighted by molar-refractivity contribution is -0.0592. The van der Waals surface area contributed by atoms with Gasteiger partial charge in [-0.3, -0.25) is 4.90 Å². The molecule has 4 aromatic rings. The number of nitrogens with zero attached hydrogens (tertiary/aromatic N) is 4. The van der Waals surface area contributed by atoms with Crippen molar-refractivity contribution in [3.05, 3.63) is 88.7 Å². The van der Waals surface area contributed by atoms with E-state index >= 15 is 0 Å². The predicted molar refractivity (Wildman–Crippen MR) is 152 cm³/mol. The number of carbonyl (C=O) groups is 1. The second-order valence-corrected chi connectivity index (χ2v) is 10.8. The number of nitriles is 1. The summed E-state index contributed by atoms with van der Waals surface area (Å²) in [5, 5.41) is 18.3. The van der Waals surface area contributed by atoms with Crippen LogP contribution in [0.15, 0.2) is 54.6 Å². The molecule has 0 unspecified atom stereocenters. The van der Waals surface area contributed by atoms with Crippen molar-refractivity contribution in [3.8, 4) is 17.6 Å². The van der Waals surface area contributed by atoms with Crippen molar-refractivity contribution < 1.29 is 32.9 Å². The van der Waals surface area contributed by atoms with E-state index in [4.69, 9.17) is 19.5 Å². The number of rotatable bonds is 10. The van der Waals surface area contributed by atoms with Crippen LogP contribution in [-0.4, -0.2) is 57.4 Å². The van der Waals surface area contributed by atoms with Crippen molar-refractivity contribution in [2.45, 2.75) is 51.2 Å². The fourth-order valence-electron chi connectivity index (χ4n) is 5.44. The molecular weight excluding hydrogens is 558 g/mol. The summed E-state index contributed by atoms with van der Waals surface area (Å²) >= 11 is 0. The summed E-state index contributed by atoms with van der Waals surface area (Å²) < 4.78 is 48.4. The Morgan fingerprint density at radius 2 is 1.91 bits per heavy atom. The maximum atomic E-state index is 14.8. The lowest BCUT2D eigenvalue weighted by Gasteiger charge is -2.32. The van der Waals surface area contributed by atoms with Crippen LogP contribution in [0.1, 0.15) is 46.6 Å². The number of piperidine rings is 1. The molecule has 1 aromatic heterocycles. The normalized spacial score (nSPS) is 17.4. The smallest absolute Gasteiger partial charge is 0.335 e. The van der Waals surface area contributed by atoms with Crippen LogP contribution >= 0.6 is 0 Å². The molecular formula is C32H30F2N4O5. The van der Waals surface area contributed by atoms with Gasteiger partial charge in [0.05, 0.1) is 41.9 Å². The lowest BCUT2D eigenvalue weighted by atomic mass is 10.1. The molecule has 0 amide bonds. The summed E-state index contributed by atoms with van der Waals surface area (Å²) in [5.41, 5.74) is 1.58. The fourth-order valence-corrected chi connectivity index (χ4v) is 5.44. The van der Waals surface area contributed by atoms with E-state index in [1.807, 2.05) is 34.9 Å². The van der Waals surface area contributed by atoms with Crippen LogP contribution in [-0.2, 0) is 24.4 Å². The minimum absolute atomic E-state index is 0.00107. The van der Waals surface area contributed by atoms with Gasteiger partial charge in [0, 0.05) is 19.7 Å². The van der Waals surface area contributed by atoms with Crippen LogP contribution in [0.25, 0.3) is 11.0 Å². The summed E-state index contributed by atoms with van der Waals surface area (Å²) in [7, 11) is 0. The molecule has 2 saturated heterocycles. The molecule has 0 bridgehead atoms. The average molecular weight is 589 g/mol. The maximum absolute atomic E-state index is 14.8. The van der Waals surface area contributed by atoms with Gasteiger partial charge < -0.3 is 23.9 Å². The van der Waals surface area contributed by atoms with E-state index in [1.54, 1.807) is 0 Å². The third-order valence-corrected chi connectivity index (χ3v) is 7.87. The second-order valence-electron chi connectivity index (χ2n) is 10.8. The number of hydrogen-bond acceptors (Lipinski definition) is 7. The van der Waals surface area contributed by atoms with Gasteiger partial charge in [0.2, 0.25) is 0 Å². The predicted octanol–water partition coefficient (Wildman–Crippen LogP) is 5.30. The Bertz CT molecular complexity index is 1690. The second kappa shape index (κ2) is 12.4. The SMILES string of the molecule is N#Cc1ccc(OCc2cccc(OC3CCN(Cc4nc5c(F)cc(C(=O)O)cc5n4C[C@@H]4CCO4)CC3)c2)c(F)c1. The highest BCUT2D eigenvalue weighted by atomic mass is 19.1. The molecule has 2 aliphatic heterocycles. The molecule has 1 N–H and O–H groups in total. The Morgan fingerprint density at radius 3 is 2.60 bits per heavy atom. The van der Waals surface area contributed by atoms with Crippen LogP contribution in [0.5, 0.6) is 11.5 Å². The van der Waals surface area contributed by atoms with Crippen molar-refractivity contribution >= 4 is 17.0 Å². The Hall–Kier alpha value is -4.53. The first-order chi connectivity index (χ1) is 20.9. The van der Waals surface area contributed by atoms with Crippen LogP contribution in [0.3, 0.4) is 0 Å². The van der Waals surface area contributed by atoms with Gasteiger partial charge >= 0.3 is 5.97 Å². The number of likely N-dealkylation sites (tertiary alicyclic amines) is 1. The minimum atomic E-state index is -1.18. The average Bonchev–Trinajstić information content (AvgIpc) is 3.32. The van der Waals surface area contributed by atoms with Gasteiger partial charge in [-0.2, -0.15) is 5.26 Å². The largest absolute Gasteiger partial charge is 0.490 e. The van der Waals surface area contributed by atoms with E-state index in [1.165, 1.54) is 18.2 Å². The summed E-state index contributed by atoms with van der Waals surface area (Å²) in [6.45, 7) is 3.32. The third kappa shape index (κ3) is 6.45. The highest BCUT2D eigenvalue weighted by molar-refractivity contribution is 5.92. The number of imidazole rings is 1. The summed E-state index contributed by atoms with van der Waals surface area (Å²) in [6, 6.07) is 16.0. The number of ether oxygens (including phenoxy) is 3. The fraction of sp³-hybridized carbons (Fsp3) is 0.344. The van der Waals surface area contributed by atoms with Crippen molar-refractivity contribution in [1.29, 1.82) is 5.26 Å². The van der Waals surface area contributed by atoms with Gasteiger partial charge in [-0.05, 0) is 67.3 Å². The van der Waals surface area contributed by atoms with E-state index in [2.05, 4.69) is 9.88 Å². The van der Waals surface area contributed by atoms with E-state index in [0.717, 1.165) is 50.0 Å². The molecule has 11 heteroatoms. The van der Waals surface area contributed by atoms with E-state index in [9.17, 15) is 18.7 Å². The molecule has 222 valence electrons. The van der Waals surface area contributed by atoms with Crippen molar-refractivity contribution in [2.24, 2.45) is 0 Å². The van der Waals surface area contributed by atoms with E-state index < -0.39 is 17.6 Å². The van der Waals surface area contributed by atoms with Gasteiger partial charge in [0.1, 0.15) is 29.8 Å². The van der Waals surface area contributed by atoms with Gasteiger partial charge in [-0.15, -0.1) is 0 Å². The summed E-state index contributed by atoms with van der Waals surface area (Å²) in [6.07, 6.45) is 2.45. The zero-order chi connectivity index (χ0) is 29.9. The van der Waals surface area contributed by atoms with E-state index in [-0.39, 0.29) is 41.2 Å². The van der Waals surface area contributed by atoms with Crippen LogP contribution in [0, 0.1) is 23.0 Å². The lowest BCUT2D eigenvalue weighted by Crippen LogP contribution is -2.39. The number of carboxylic acid groups (broad SMARTS) is 1. The zero-order valence-corrected chi connectivity index (χ0v) is 23.3. The van der Waals surface area contributed by atoms with Crippen LogP contribution in [0.4, 0.5) is 8.78 Å². The molecule has 2 fully saturated rings. The summed E-state index contributed by atoms with van der Waals surface area (Å²) in [4.78, 5) is 18.4. The molecule has 0 spiro atoms. The van der Waals surface area contributed by atoms with E-state index in [0.29, 0.717) is 36.8 Å². The molecule has 2 aliphatic rings. The summed E-state index contributed by atoms with van der Waals surface area (Å²) in [5.74, 6) is -0.956. The van der Waals surface area contributed by atoms with Gasteiger partial charge in [-0.25, -0.2) is 18.6 Å². The molecule has 0 saturated carbocycles. The number of benzene rings is 3. The van der Waals surface area contributed by atoms with Crippen molar-refractivity contribution in [3.63, 3.8) is 0 Å². The van der Waals surface area contributed by atoms with Gasteiger partial charge in [-0.1, -0.05) is 12.1 Å². The zero-order valence-electron chi connectivity index (χ0n) is 23.3. The Kier molecular flexibility index (Phi) is 8.22. The Labute approximate surface area is 246 Å². The highest BCUT2D eigenvalue weighted by Crippen LogP contribution is 2.27. The Morgan fingerprint density at radius 1 is 1.09 bits per heavy atom. The quantitative estimate of drug-likeness (QED) is 0.266. The number of hydrogen-bond donors (Lipinski definition) is 1. The van der Waals surface area contributed by atoms with Gasteiger partial charge in [0.25, 0.3) is 0 Å². The monoisotopic (exact) mass is 588 g/mol. The number of carboxylic acids is 1. The van der Waals surface area contributed by atoms with Crippen molar-refractivity contribution in [2.75, 3.05) is 19.7 Å². The molecule has 43 heavy (non-hydrogen) atoms. The number of aromatic nitrogens is 2. The topological polar surface area (TPSA) is 110 Å². The standard InChI is InChI=1S/C32H30F2N4O5/c33-26-13-20(16-35)4-5-29(26)42-19-21-2-1-3-24(12-21)43-23-6-9-37(10-7-23)18-30-36-31-27(34)14-22(32(39)40)15-28(31)38(30)17-25-8-11-41-25/h1-5,12-15,23,25H,6-11,17-19H2,(H,39,40)/t25-/m0/s1. The molecule has 1 atom stereocenters. The van der Waals surface area contributed by atoms with Gasteiger partial charge in [0.15, 0.2) is 17.4 Å². The first-order valence-electron chi connectivity index (χ1n) is 14.2. The number of fused-ring (bicyclic) bond motifs is 1. The molecule has 9 nitrogen and oxygen atoms in total. The highest BCUT2D eigenvalue weighted by Gasteiger charge is 2.27. The first kappa shape index (κ1) is 28.6. The Balaban J connectivity index is 1.07. The molecule has 0 aliphatic carbocycles. The first-order valence-corrected chi connectivity index (χ1v) is 14.2. The number of halogens is 2. The van der Waals surface area contributed by atoms with Crippen LogP contribution < -0.4 is 9.47 Å². The third-order valence-electron chi connectivity index (χ3n) is 7.87. The molecule has 0 radical (unpaired) electrons. The molecule has 3 aromatic carbocycles. The minimum Gasteiger partial charge on any atom is -0.490 e. The van der Waals surface area contributed by atoms with Crippen LogP contribution in [0.2, 0.25) is 0 Å². The molecule has 6 rings (SSSR count).